The molecular weight excluding hydrogens is 246 g/mol. The molecule has 0 radical (unpaired) electrons. The van der Waals surface area contributed by atoms with Crippen LogP contribution in [-0.2, 0) is 10.5 Å². The number of anilines is 1. The van der Waals surface area contributed by atoms with Gasteiger partial charge in [-0.25, -0.2) is 0 Å². The third-order valence-corrected chi connectivity index (χ3v) is 3.51. The number of para-hydroxylation sites is 1. The van der Waals surface area contributed by atoms with Gasteiger partial charge in [0.15, 0.2) is 0 Å². The second kappa shape index (κ2) is 5.82. The SMILES string of the molecule is CN(C)c1ccccc1CSC=C1NCC(=O)N1. The molecule has 1 aromatic carbocycles. The molecule has 18 heavy (non-hydrogen) atoms. The van der Waals surface area contributed by atoms with E-state index in [2.05, 4.69) is 27.7 Å². The lowest BCUT2D eigenvalue weighted by Gasteiger charge is -2.16. The molecule has 0 atom stereocenters. The maximum Gasteiger partial charge on any atom is 0.244 e. The minimum absolute atomic E-state index is 0.0236. The summed E-state index contributed by atoms with van der Waals surface area (Å²) in [4.78, 5) is 13.1. The quantitative estimate of drug-likeness (QED) is 0.864. The fourth-order valence-corrected chi connectivity index (χ4v) is 2.59. The van der Waals surface area contributed by atoms with Gasteiger partial charge in [-0.1, -0.05) is 18.2 Å². The summed E-state index contributed by atoms with van der Waals surface area (Å²) in [6.07, 6.45) is 0. The van der Waals surface area contributed by atoms with E-state index in [4.69, 9.17) is 0 Å². The highest BCUT2D eigenvalue weighted by molar-refractivity contribution is 8.01. The average molecular weight is 263 g/mol. The fourth-order valence-electron chi connectivity index (χ4n) is 1.77. The molecule has 1 saturated heterocycles. The van der Waals surface area contributed by atoms with Gasteiger partial charge in [-0.05, 0) is 11.6 Å². The van der Waals surface area contributed by atoms with E-state index in [-0.39, 0.29) is 5.91 Å². The Morgan fingerprint density at radius 3 is 2.83 bits per heavy atom. The number of carbonyl (C=O) groups is 1. The van der Waals surface area contributed by atoms with Crippen molar-refractivity contribution in [3.05, 3.63) is 41.1 Å². The second-order valence-corrected chi connectivity index (χ2v) is 5.13. The number of amides is 1. The van der Waals surface area contributed by atoms with Gasteiger partial charge in [0.05, 0.1) is 6.54 Å². The third-order valence-electron chi connectivity index (χ3n) is 2.63. The minimum atomic E-state index is 0.0236. The fraction of sp³-hybridized carbons (Fsp3) is 0.308. The van der Waals surface area contributed by atoms with Crippen LogP contribution in [0.3, 0.4) is 0 Å². The Balaban J connectivity index is 1.96. The summed E-state index contributed by atoms with van der Waals surface area (Å²) in [5, 5.41) is 7.71. The number of nitrogens with one attached hydrogen (secondary N) is 2. The standard InChI is InChI=1S/C13H17N3OS/c1-16(2)11-6-4-3-5-10(11)8-18-9-12-14-7-13(17)15-12/h3-6,9,14H,7-8H2,1-2H3,(H,15,17). The predicted molar refractivity (Wildman–Crippen MR) is 76.3 cm³/mol. The van der Waals surface area contributed by atoms with Crippen LogP contribution in [-0.4, -0.2) is 26.5 Å². The summed E-state index contributed by atoms with van der Waals surface area (Å²) >= 11 is 1.67. The third kappa shape index (κ3) is 3.20. The molecule has 1 aliphatic rings. The van der Waals surface area contributed by atoms with E-state index < -0.39 is 0 Å². The van der Waals surface area contributed by atoms with Gasteiger partial charge in [-0.15, -0.1) is 11.8 Å². The van der Waals surface area contributed by atoms with Crippen molar-refractivity contribution < 1.29 is 4.79 Å². The normalized spacial score (nSPS) is 16.6. The van der Waals surface area contributed by atoms with Crippen molar-refractivity contribution in [2.45, 2.75) is 5.75 Å². The van der Waals surface area contributed by atoms with Crippen LogP contribution in [0.15, 0.2) is 35.5 Å². The van der Waals surface area contributed by atoms with Crippen LogP contribution in [0, 0.1) is 0 Å². The van der Waals surface area contributed by atoms with Gasteiger partial charge in [-0.3, -0.25) is 4.79 Å². The van der Waals surface area contributed by atoms with Gasteiger partial charge in [0, 0.05) is 30.9 Å². The molecule has 0 aliphatic carbocycles. The summed E-state index contributed by atoms with van der Waals surface area (Å²) in [6.45, 7) is 0.376. The molecular formula is C13H17N3OS. The van der Waals surface area contributed by atoms with Gasteiger partial charge < -0.3 is 15.5 Å². The molecule has 5 heteroatoms. The second-order valence-electron chi connectivity index (χ2n) is 4.27. The average Bonchev–Trinajstić information content (AvgIpc) is 2.75. The summed E-state index contributed by atoms with van der Waals surface area (Å²) in [5.41, 5.74) is 2.51. The largest absolute Gasteiger partial charge is 0.377 e. The molecule has 2 N–H and O–H groups in total. The Bertz CT molecular complexity index is 471. The Labute approximate surface area is 111 Å². The van der Waals surface area contributed by atoms with Crippen LogP contribution in [0.5, 0.6) is 0 Å². The number of rotatable bonds is 4. The first kappa shape index (κ1) is 12.8. The molecule has 0 bridgehead atoms. The first-order valence-electron chi connectivity index (χ1n) is 5.77. The number of benzene rings is 1. The number of nitrogens with zero attached hydrogens (tertiary/aromatic N) is 1. The molecule has 0 aromatic heterocycles. The van der Waals surface area contributed by atoms with Crippen molar-refractivity contribution >= 4 is 23.4 Å². The van der Waals surface area contributed by atoms with Gasteiger partial charge >= 0.3 is 0 Å². The van der Waals surface area contributed by atoms with E-state index in [0.717, 1.165) is 11.6 Å². The van der Waals surface area contributed by atoms with E-state index in [1.807, 2.05) is 31.6 Å². The first-order valence-corrected chi connectivity index (χ1v) is 6.82. The highest BCUT2D eigenvalue weighted by atomic mass is 32.2. The van der Waals surface area contributed by atoms with Gasteiger partial charge in [0.25, 0.3) is 0 Å². The van der Waals surface area contributed by atoms with Crippen molar-refractivity contribution in [3.8, 4) is 0 Å². The molecule has 1 aliphatic heterocycles. The molecule has 0 unspecified atom stereocenters. The van der Waals surface area contributed by atoms with E-state index in [1.165, 1.54) is 11.3 Å². The zero-order valence-corrected chi connectivity index (χ0v) is 11.4. The molecule has 1 fully saturated rings. The van der Waals surface area contributed by atoms with Crippen LogP contribution in [0.1, 0.15) is 5.56 Å². The smallest absolute Gasteiger partial charge is 0.244 e. The highest BCUT2D eigenvalue weighted by Gasteiger charge is 2.12. The van der Waals surface area contributed by atoms with E-state index in [1.54, 1.807) is 11.8 Å². The lowest BCUT2D eigenvalue weighted by Crippen LogP contribution is -2.13. The van der Waals surface area contributed by atoms with Crippen molar-refractivity contribution in [2.24, 2.45) is 0 Å². The van der Waals surface area contributed by atoms with Crippen molar-refractivity contribution in [3.63, 3.8) is 0 Å². The van der Waals surface area contributed by atoms with Crippen LogP contribution < -0.4 is 15.5 Å². The van der Waals surface area contributed by atoms with Crippen LogP contribution in [0.25, 0.3) is 0 Å². The van der Waals surface area contributed by atoms with Gasteiger partial charge in [0.2, 0.25) is 5.91 Å². The zero-order valence-electron chi connectivity index (χ0n) is 10.6. The van der Waals surface area contributed by atoms with E-state index >= 15 is 0 Å². The minimum Gasteiger partial charge on any atom is -0.377 e. The first-order chi connectivity index (χ1) is 8.66. The number of carbonyl (C=O) groups excluding carboxylic acids is 1. The summed E-state index contributed by atoms with van der Waals surface area (Å²) in [6, 6.07) is 8.33. The maximum atomic E-state index is 11.0. The van der Waals surface area contributed by atoms with Crippen LogP contribution in [0.4, 0.5) is 5.69 Å². The maximum absolute atomic E-state index is 11.0. The Kier molecular flexibility index (Phi) is 4.15. The Hall–Kier alpha value is -1.62. The van der Waals surface area contributed by atoms with Crippen molar-refractivity contribution in [1.29, 1.82) is 0 Å². The molecule has 1 heterocycles. The summed E-state index contributed by atoms with van der Waals surface area (Å²) in [5.74, 6) is 1.71. The van der Waals surface area contributed by atoms with Crippen molar-refractivity contribution in [2.75, 3.05) is 25.5 Å². The van der Waals surface area contributed by atoms with E-state index in [0.29, 0.717) is 6.54 Å². The van der Waals surface area contributed by atoms with Crippen LogP contribution in [0.2, 0.25) is 0 Å². The van der Waals surface area contributed by atoms with Gasteiger partial charge in [-0.2, -0.15) is 0 Å². The van der Waals surface area contributed by atoms with E-state index in [9.17, 15) is 4.79 Å². The lowest BCUT2D eigenvalue weighted by atomic mass is 10.2. The Morgan fingerprint density at radius 1 is 1.39 bits per heavy atom. The molecule has 2 rings (SSSR count). The highest BCUT2D eigenvalue weighted by Crippen LogP contribution is 2.23. The molecule has 1 amide bonds. The monoisotopic (exact) mass is 263 g/mol. The van der Waals surface area contributed by atoms with Crippen LogP contribution >= 0.6 is 11.8 Å². The molecule has 96 valence electrons. The zero-order chi connectivity index (χ0) is 13.0. The van der Waals surface area contributed by atoms with Crippen molar-refractivity contribution in [1.82, 2.24) is 10.6 Å². The number of hydrogen-bond donors (Lipinski definition) is 2. The topological polar surface area (TPSA) is 44.4 Å². The number of thioether (sulfide) groups is 1. The lowest BCUT2D eigenvalue weighted by molar-refractivity contribution is -0.117. The predicted octanol–water partition coefficient (Wildman–Crippen LogP) is 1.50. The summed E-state index contributed by atoms with van der Waals surface area (Å²) < 4.78 is 0. The Morgan fingerprint density at radius 2 is 2.17 bits per heavy atom. The number of hydrogen-bond acceptors (Lipinski definition) is 4. The molecule has 4 nitrogen and oxygen atoms in total. The summed E-state index contributed by atoms with van der Waals surface area (Å²) in [7, 11) is 4.08. The molecule has 0 spiro atoms. The molecule has 1 aromatic rings. The molecule has 0 saturated carbocycles. The van der Waals surface area contributed by atoms with Gasteiger partial charge in [0.1, 0.15) is 5.82 Å².